The summed E-state index contributed by atoms with van der Waals surface area (Å²) in [4.78, 5) is 17.3. The Morgan fingerprint density at radius 1 is 0.818 bits per heavy atom. The number of hydrogen-bond donors (Lipinski definition) is 1. The number of ketones is 1. The van der Waals surface area contributed by atoms with Crippen molar-refractivity contribution in [3.8, 4) is 28.7 Å². The van der Waals surface area contributed by atoms with Crippen LogP contribution in [0.4, 0.5) is 11.5 Å². The summed E-state index contributed by atoms with van der Waals surface area (Å²) in [7, 11) is 7.74. The quantitative estimate of drug-likeness (QED) is 0.349. The van der Waals surface area contributed by atoms with Gasteiger partial charge in [0.2, 0.25) is 5.75 Å². The zero-order valence-corrected chi connectivity index (χ0v) is 19.2. The van der Waals surface area contributed by atoms with Gasteiger partial charge in [0.05, 0.1) is 41.1 Å². The van der Waals surface area contributed by atoms with E-state index in [9.17, 15) is 4.79 Å². The Morgan fingerprint density at radius 2 is 1.48 bits per heavy atom. The monoisotopic (exact) mass is 450 g/mol. The molecule has 1 aromatic heterocycles. The van der Waals surface area contributed by atoms with E-state index in [-0.39, 0.29) is 5.78 Å². The number of nitrogens with zero attached hydrogens (tertiary/aromatic N) is 1. The minimum absolute atomic E-state index is 0.215. The maximum atomic E-state index is 13.0. The van der Waals surface area contributed by atoms with Crippen LogP contribution >= 0.6 is 0 Å². The van der Waals surface area contributed by atoms with E-state index in [0.717, 1.165) is 5.56 Å². The predicted octanol–water partition coefficient (Wildman–Crippen LogP) is 4.76. The molecule has 33 heavy (non-hydrogen) atoms. The second-order valence-corrected chi connectivity index (χ2v) is 6.75. The van der Waals surface area contributed by atoms with Crippen LogP contribution in [0.3, 0.4) is 0 Å². The minimum Gasteiger partial charge on any atom is -0.493 e. The lowest BCUT2D eigenvalue weighted by Gasteiger charge is -2.15. The lowest BCUT2D eigenvalue weighted by molar-refractivity contribution is 0.104. The highest BCUT2D eigenvalue weighted by molar-refractivity contribution is 6.10. The zero-order chi connectivity index (χ0) is 23.8. The highest BCUT2D eigenvalue weighted by atomic mass is 16.5. The molecule has 0 saturated carbocycles. The van der Waals surface area contributed by atoms with E-state index in [0.29, 0.717) is 45.8 Å². The molecule has 0 aliphatic heterocycles. The Labute approximate surface area is 192 Å². The van der Waals surface area contributed by atoms with Gasteiger partial charge < -0.3 is 29.0 Å². The third-order valence-corrected chi connectivity index (χ3v) is 4.84. The van der Waals surface area contributed by atoms with Crippen molar-refractivity contribution in [3.63, 3.8) is 0 Å². The molecule has 0 unspecified atom stereocenters. The standard InChI is InChI=1S/C25H26N2O6/c1-29-20-11-9-16(13-21(20)30-2)8-10-19(28)18-7-6-12-26-25(18)27-17-14-22(31-3)24(33-5)23(15-17)32-4/h6-15H,1-5H3,(H,26,27). The lowest BCUT2D eigenvalue weighted by Crippen LogP contribution is -2.04. The lowest BCUT2D eigenvalue weighted by atomic mass is 10.1. The number of carbonyl (C=O) groups excluding carboxylic acids is 1. The number of ether oxygens (including phenoxy) is 5. The van der Waals surface area contributed by atoms with Crippen LogP contribution in [-0.4, -0.2) is 46.3 Å². The summed E-state index contributed by atoms with van der Waals surface area (Å²) in [5.41, 5.74) is 1.83. The van der Waals surface area contributed by atoms with Gasteiger partial charge in [-0.25, -0.2) is 4.98 Å². The van der Waals surface area contributed by atoms with E-state index in [1.807, 2.05) is 6.07 Å². The molecule has 8 heteroatoms. The molecule has 0 bridgehead atoms. The molecule has 1 N–H and O–H groups in total. The Bertz CT molecular complexity index is 1130. The Morgan fingerprint density at radius 3 is 2.09 bits per heavy atom. The second kappa shape index (κ2) is 10.9. The van der Waals surface area contributed by atoms with Gasteiger partial charge in [0.25, 0.3) is 0 Å². The summed E-state index contributed by atoms with van der Waals surface area (Å²) in [5, 5.41) is 3.17. The molecule has 0 spiro atoms. The summed E-state index contributed by atoms with van der Waals surface area (Å²) in [6.07, 6.45) is 4.80. The van der Waals surface area contributed by atoms with Crippen molar-refractivity contribution in [1.29, 1.82) is 0 Å². The molecule has 0 radical (unpaired) electrons. The van der Waals surface area contributed by atoms with Crippen LogP contribution in [0.5, 0.6) is 28.7 Å². The summed E-state index contributed by atoms with van der Waals surface area (Å²) in [6.45, 7) is 0. The molecular weight excluding hydrogens is 424 g/mol. The van der Waals surface area contributed by atoms with E-state index < -0.39 is 0 Å². The first-order chi connectivity index (χ1) is 16.0. The van der Waals surface area contributed by atoms with Crippen LogP contribution in [0.1, 0.15) is 15.9 Å². The van der Waals surface area contributed by atoms with E-state index in [1.165, 1.54) is 27.4 Å². The number of carbonyl (C=O) groups is 1. The normalized spacial score (nSPS) is 10.6. The number of aromatic nitrogens is 1. The molecular formula is C25H26N2O6. The van der Waals surface area contributed by atoms with E-state index in [1.54, 1.807) is 62.9 Å². The summed E-state index contributed by atoms with van der Waals surface area (Å²) >= 11 is 0. The van der Waals surface area contributed by atoms with Crippen molar-refractivity contribution in [2.75, 3.05) is 40.9 Å². The maximum Gasteiger partial charge on any atom is 0.203 e. The van der Waals surface area contributed by atoms with E-state index in [4.69, 9.17) is 23.7 Å². The largest absolute Gasteiger partial charge is 0.493 e. The highest BCUT2D eigenvalue weighted by Gasteiger charge is 2.16. The summed E-state index contributed by atoms with van der Waals surface area (Å²) < 4.78 is 26.7. The van der Waals surface area contributed by atoms with Crippen LogP contribution in [0.25, 0.3) is 6.08 Å². The van der Waals surface area contributed by atoms with E-state index in [2.05, 4.69) is 10.3 Å². The van der Waals surface area contributed by atoms with Gasteiger partial charge in [0, 0.05) is 24.0 Å². The van der Waals surface area contributed by atoms with Gasteiger partial charge in [0.15, 0.2) is 28.8 Å². The predicted molar refractivity (Wildman–Crippen MR) is 127 cm³/mol. The third kappa shape index (κ3) is 5.35. The van der Waals surface area contributed by atoms with Gasteiger partial charge in [-0.1, -0.05) is 12.1 Å². The summed E-state index contributed by atoms with van der Waals surface area (Å²) in [6, 6.07) is 12.3. The first kappa shape index (κ1) is 23.5. The van der Waals surface area contributed by atoms with Gasteiger partial charge in [0.1, 0.15) is 5.82 Å². The van der Waals surface area contributed by atoms with Crippen LogP contribution in [0.15, 0.2) is 54.7 Å². The number of benzene rings is 2. The Balaban J connectivity index is 1.88. The number of pyridine rings is 1. The molecule has 0 fully saturated rings. The number of nitrogens with one attached hydrogen (secondary N) is 1. The van der Waals surface area contributed by atoms with E-state index >= 15 is 0 Å². The number of methoxy groups -OCH3 is 5. The van der Waals surface area contributed by atoms with Gasteiger partial charge in [-0.15, -0.1) is 0 Å². The van der Waals surface area contributed by atoms with Crippen molar-refractivity contribution in [1.82, 2.24) is 4.98 Å². The van der Waals surface area contributed by atoms with Crippen LogP contribution in [0, 0.1) is 0 Å². The first-order valence-corrected chi connectivity index (χ1v) is 10.0. The fourth-order valence-electron chi connectivity index (χ4n) is 3.21. The molecule has 8 nitrogen and oxygen atoms in total. The number of rotatable bonds is 10. The maximum absolute atomic E-state index is 13.0. The van der Waals surface area contributed by atoms with Crippen LogP contribution in [-0.2, 0) is 0 Å². The van der Waals surface area contributed by atoms with Crippen molar-refractivity contribution in [2.24, 2.45) is 0 Å². The van der Waals surface area contributed by atoms with Crippen molar-refractivity contribution < 1.29 is 28.5 Å². The van der Waals surface area contributed by atoms with Gasteiger partial charge >= 0.3 is 0 Å². The second-order valence-electron chi connectivity index (χ2n) is 6.75. The smallest absolute Gasteiger partial charge is 0.203 e. The van der Waals surface area contributed by atoms with Crippen molar-refractivity contribution in [3.05, 3.63) is 65.9 Å². The molecule has 1 heterocycles. The molecule has 0 aliphatic rings. The molecule has 0 atom stereocenters. The number of anilines is 2. The average Bonchev–Trinajstić information content (AvgIpc) is 2.86. The van der Waals surface area contributed by atoms with Gasteiger partial charge in [-0.2, -0.15) is 0 Å². The molecule has 2 aromatic carbocycles. The fourth-order valence-corrected chi connectivity index (χ4v) is 3.21. The average molecular weight is 450 g/mol. The number of allylic oxidation sites excluding steroid dienone is 1. The van der Waals surface area contributed by atoms with Crippen LogP contribution in [0.2, 0.25) is 0 Å². The molecule has 172 valence electrons. The van der Waals surface area contributed by atoms with Gasteiger partial charge in [-0.3, -0.25) is 4.79 Å². The third-order valence-electron chi connectivity index (χ3n) is 4.84. The van der Waals surface area contributed by atoms with Crippen LogP contribution < -0.4 is 29.0 Å². The number of hydrogen-bond acceptors (Lipinski definition) is 8. The molecule has 0 aliphatic carbocycles. The minimum atomic E-state index is -0.215. The first-order valence-electron chi connectivity index (χ1n) is 10.0. The van der Waals surface area contributed by atoms with Gasteiger partial charge in [-0.05, 0) is 35.9 Å². The van der Waals surface area contributed by atoms with Crippen molar-refractivity contribution in [2.45, 2.75) is 0 Å². The molecule has 0 saturated heterocycles. The fraction of sp³-hybridized carbons (Fsp3) is 0.200. The Hall–Kier alpha value is -4.20. The zero-order valence-electron chi connectivity index (χ0n) is 19.2. The molecule has 3 aromatic rings. The highest BCUT2D eigenvalue weighted by Crippen LogP contribution is 2.40. The Kier molecular flexibility index (Phi) is 7.75. The SMILES string of the molecule is COc1ccc(C=CC(=O)c2cccnc2Nc2cc(OC)c(OC)c(OC)c2)cc1OC. The topological polar surface area (TPSA) is 88.1 Å². The summed E-state index contributed by atoms with van der Waals surface area (Å²) in [5.74, 6) is 2.82. The molecule has 0 amide bonds. The molecule has 3 rings (SSSR count). The van der Waals surface area contributed by atoms with Crippen molar-refractivity contribution >= 4 is 23.4 Å².